The third-order valence-electron chi connectivity index (χ3n) is 2.71. The van der Waals surface area contributed by atoms with Crippen LogP contribution in [0.1, 0.15) is 59.8 Å². The summed E-state index contributed by atoms with van der Waals surface area (Å²) in [6.07, 6.45) is 5.12. The van der Waals surface area contributed by atoms with Gasteiger partial charge in [0.05, 0.1) is 18.3 Å². The topological polar surface area (TPSA) is 29.5 Å². The third kappa shape index (κ3) is 5.61. The molecule has 0 spiro atoms. The Morgan fingerprint density at radius 2 is 1.71 bits per heavy atom. The van der Waals surface area contributed by atoms with Gasteiger partial charge in [0.15, 0.2) is 0 Å². The number of aliphatic hydroxyl groups excluding tert-OH is 1. The molecule has 0 amide bonds. The Morgan fingerprint density at radius 3 is 2.14 bits per heavy atom. The van der Waals surface area contributed by atoms with Gasteiger partial charge in [0, 0.05) is 0 Å². The van der Waals surface area contributed by atoms with Crippen LogP contribution in [0.4, 0.5) is 0 Å². The quantitative estimate of drug-likeness (QED) is 0.655. The van der Waals surface area contributed by atoms with Crippen LogP contribution < -0.4 is 0 Å². The number of aliphatic hydroxyl groups is 1. The summed E-state index contributed by atoms with van der Waals surface area (Å²) in [4.78, 5) is 0. The third-order valence-corrected chi connectivity index (χ3v) is 2.71. The Bertz CT molecular complexity index is 121. The van der Waals surface area contributed by atoms with Crippen LogP contribution in [0.15, 0.2) is 0 Å². The van der Waals surface area contributed by atoms with Crippen LogP contribution in [0.2, 0.25) is 0 Å². The molecule has 14 heavy (non-hydrogen) atoms. The van der Waals surface area contributed by atoms with Gasteiger partial charge < -0.3 is 9.84 Å². The summed E-state index contributed by atoms with van der Waals surface area (Å²) in [5.41, 5.74) is 0. The van der Waals surface area contributed by atoms with Crippen molar-refractivity contribution in [1.29, 1.82) is 0 Å². The molecule has 0 aliphatic carbocycles. The Kier molecular flexibility index (Phi) is 8.20. The van der Waals surface area contributed by atoms with Gasteiger partial charge in [0.1, 0.15) is 0 Å². The number of unbranched alkanes of at least 4 members (excludes halogenated alkanes) is 1. The first-order valence-electron chi connectivity index (χ1n) is 5.99. The maximum Gasteiger partial charge on any atom is 0.0809 e. The van der Waals surface area contributed by atoms with E-state index in [0.29, 0.717) is 6.10 Å². The maximum atomic E-state index is 9.76. The maximum absolute atomic E-state index is 9.76. The molecule has 86 valence electrons. The van der Waals surface area contributed by atoms with E-state index in [0.717, 1.165) is 32.1 Å². The van der Waals surface area contributed by atoms with E-state index < -0.39 is 0 Å². The highest BCUT2D eigenvalue weighted by Gasteiger charge is 2.17. The fraction of sp³-hybridized carbons (Fsp3) is 1.00. The van der Waals surface area contributed by atoms with Gasteiger partial charge in [0.25, 0.3) is 0 Å². The van der Waals surface area contributed by atoms with Gasteiger partial charge in [-0.15, -0.1) is 0 Å². The predicted molar refractivity (Wildman–Crippen MR) is 60.4 cm³/mol. The minimum atomic E-state index is -0.296. The minimum absolute atomic E-state index is 0.0218. The van der Waals surface area contributed by atoms with Crippen LogP contribution in [-0.4, -0.2) is 23.4 Å². The molecular weight excluding hydrogens is 176 g/mol. The largest absolute Gasteiger partial charge is 0.390 e. The fourth-order valence-corrected chi connectivity index (χ4v) is 1.52. The van der Waals surface area contributed by atoms with Crippen molar-refractivity contribution in [2.75, 3.05) is 0 Å². The summed E-state index contributed by atoms with van der Waals surface area (Å²) in [5.74, 6) is 0. The van der Waals surface area contributed by atoms with E-state index in [1.807, 2.05) is 6.92 Å². The molecule has 0 aliphatic rings. The molecule has 0 bridgehead atoms. The first-order chi connectivity index (χ1) is 6.65. The van der Waals surface area contributed by atoms with E-state index in [1.54, 1.807) is 0 Å². The van der Waals surface area contributed by atoms with Crippen molar-refractivity contribution < 1.29 is 9.84 Å². The Labute approximate surface area is 88.7 Å². The van der Waals surface area contributed by atoms with Crippen molar-refractivity contribution in [2.45, 2.75) is 78.1 Å². The number of hydrogen-bond donors (Lipinski definition) is 1. The Hall–Kier alpha value is -0.0800. The SMILES string of the molecule is CCCC[C@@H](O)[C@H](C)OC(CC)CC. The normalized spacial score (nSPS) is 15.9. The zero-order valence-electron chi connectivity index (χ0n) is 10.1. The molecule has 0 heterocycles. The number of ether oxygens (including phenoxy) is 1. The molecule has 2 nitrogen and oxygen atoms in total. The van der Waals surface area contributed by atoms with Gasteiger partial charge in [-0.25, -0.2) is 0 Å². The Balaban J connectivity index is 3.74. The second-order valence-electron chi connectivity index (χ2n) is 3.99. The van der Waals surface area contributed by atoms with Gasteiger partial charge >= 0.3 is 0 Å². The first-order valence-corrected chi connectivity index (χ1v) is 5.99. The van der Waals surface area contributed by atoms with Crippen molar-refractivity contribution in [3.05, 3.63) is 0 Å². The monoisotopic (exact) mass is 202 g/mol. The number of rotatable bonds is 8. The highest BCUT2D eigenvalue weighted by atomic mass is 16.5. The van der Waals surface area contributed by atoms with Crippen LogP contribution in [0.5, 0.6) is 0 Å². The lowest BCUT2D eigenvalue weighted by molar-refractivity contribution is -0.0719. The predicted octanol–water partition coefficient (Wildman–Crippen LogP) is 3.13. The summed E-state index contributed by atoms with van der Waals surface area (Å²) < 4.78 is 5.76. The van der Waals surface area contributed by atoms with E-state index in [2.05, 4.69) is 20.8 Å². The molecule has 0 radical (unpaired) electrons. The Morgan fingerprint density at radius 1 is 1.14 bits per heavy atom. The summed E-state index contributed by atoms with van der Waals surface area (Å²) in [7, 11) is 0. The van der Waals surface area contributed by atoms with E-state index in [1.165, 1.54) is 0 Å². The molecule has 2 atom stereocenters. The lowest BCUT2D eigenvalue weighted by Crippen LogP contribution is -2.30. The second-order valence-corrected chi connectivity index (χ2v) is 3.99. The lowest BCUT2D eigenvalue weighted by Gasteiger charge is -2.24. The zero-order valence-corrected chi connectivity index (χ0v) is 10.1. The van der Waals surface area contributed by atoms with E-state index >= 15 is 0 Å². The minimum Gasteiger partial charge on any atom is -0.390 e. The van der Waals surface area contributed by atoms with Crippen molar-refractivity contribution >= 4 is 0 Å². The van der Waals surface area contributed by atoms with Crippen LogP contribution in [0.3, 0.4) is 0 Å². The van der Waals surface area contributed by atoms with Gasteiger partial charge in [-0.3, -0.25) is 0 Å². The molecule has 2 heteroatoms. The standard InChI is InChI=1S/C12H26O2/c1-5-8-9-12(13)10(4)14-11(6-2)7-3/h10-13H,5-9H2,1-4H3/t10-,12+/m0/s1. The summed E-state index contributed by atoms with van der Waals surface area (Å²) in [6, 6.07) is 0. The van der Waals surface area contributed by atoms with Gasteiger partial charge in [0.2, 0.25) is 0 Å². The van der Waals surface area contributed by atoms with Crippen molar-refractivity contribution in [2.24, 2.45) is 0 Å². The molecule has 0 aromatic carbocycles. The molecule has 1 N–H and O–H groups in total. The van der Waals surface area contributed by atoms with E-state index in [9.17, 15) is 5.11 Å². The zero-order chi connectivity index (χ0) is 11.0. The van der Waals surface area contributed by atoms with Crippen molar-refractivity contribution in [3.63, 3.8) is 0 Å². The van der Waals surface area contributed by atoms with Gasteiger partial charge in [-0.1, -0.05) is 33.6 Å². The van der Waals surface area contributed by atoms with Gasteiger partial charge in [-0.2, -0.15) is 0 Å². The molecule has 0 aromatic rings. The van der Waals surface area contributed by atoms with E-state index in [-0.39, 0.29) is 12.2 Å². The summed E-state index contributed by atoms with van der Waals surface area (Å²) in [6.45, 7) is 8.36. The van der Waals surface area contributed by atoms with Gasteiger partial charge in [-0.05, 0) is 26.2 Å². The average Bonchev–Trinajstić information content (AvgIpc) is 2.21. The van der Waals surface area contributed by atoms with Crippen molar-refractivity contribution in [1.82, 2.24) is 0 Å². The van der Waals surface area contributed by atoms with Crippen LogP contribution in [-0.2, 0) is 4.74 Å². The average molecular weight is 202 g/mol. The van der Waals surface area contributed by atoms with Crippen LogP contribution in [0.25, 0.3) is 0 Å². The number of hydrogen-bond acceptors (Lipinski definition) is 2. The first kappa shape index (κ1) is 13.9. The molecule has 0 rings (SSSR count). The fourth-order valence-electron chi connectivity index (χ4n) is 1.52. The molecule has 0 fully saturated rings. The van der Waals surface area contributed by atoms with Crippen LogP contribution in [0, 0.1) is 0 Å². The molecule has 0 unspecified atom stereocenters. The highest BCUT2D eigenvalue weighted by Crippen LogP contribution is 2.12. The highest BCUT2D eigenvalue weighted by molar-refractivity contribution is 4.66. The summed E-state index contributed by atoms with van der Waals surface area (Å²) >= 11 is 0. The van der Waals surface area contributed by atoms with Crippen molar-refractivity contribution in [3.8, 4) is 0 Å². The smallest absolute Gasteiger partial charge is 0.0809 e. The van der Waals surface area contributed by atoms with E-state index in [4.69, 9.17) is 4.74 Å². The lowest BCUT2D eigenvalue weighted by atomic mass is 10.1. The molecule has 0 aromatic heterocycles. The molecule has 0 aliphatic heterocycles. The molecule has 0 saturated heterocycles. The summed E-state index contributed by atoms with van der Waals surface area (Å²) in [5, 5.41) is 9.76. The molecular formula is C12H26O2. The molecule has 0 saturated carbocycles. The van der Waals surface area contributed by atoms with Crippen LogP contribution >= 0.6 is 0 Å². The second kappa shape index (κ2) is 8.25.